The van der Waals surface area contributed by atoms with E-state index in [0.717, 1.165) is 10.9 Å². The molecule has 0 unspecified atom stereocenters. The molecule has 34 heavy (non-hydrogen) atoms. The number of ether oxygens (including phenoxy) is 2. The first kappa shape index (κ1) is 23.4. The molecule has 176 valence electrons. The van der Waals surface area contributed by atoms with E-state index in [-0.39, 0.29) is 0 Å². The second kappa shape index (κ2) is 8.52. The first-order chi connectivity index (χ1) is 15.9. The van der Waals surface area contributed by atoms with Crippen LogP contribution >= 0.6 is 0 Å². The predicted molar refractivity (Wildman–Crippen MR) is 134 cm³/mol. The zero-order chi connectivity index (χ0) is 24.7. The summed E-state index contributed by atoms with van der Waals surface area (Å²) in [6.07, 6.45) is -1.03. The summed E-state index contributed by atoms with van der Waals surface area (Å²) in [6, 6.07) is 22.8. The van der Waals surface area contributed by atoms with Crippen molar-refractivity contribution in [1.29, 1.82) is 0 Å². The van der Waals surface area contributed by atoms with Gasteiger partial charge >= 0.3 is 12.2 Å². The Morgan fingerprint density at radius 2 is 1.15 bits per heavy atom. The van der Waals surface area contributed by atoms with Crippen LogP contribution in [0.15, 0.2) is 72.8 Å². The Kier molecular flexibility index (Phi) is 5.86. The standard InChI is InChI=1S/C28H30N2O4/c1-27(2,3)33-25(31)29-22(19-12-8-7-9-13-19)16-17-23(29)24-18-20-14-10-11-15-21(20)30(24)26(32)34-28(4,5)6/h7-18H,1-6H3. The van der Waals surface area contributed by atoms with Gasteiger partial charge in [-0.15, -0.1) is 0 Å². The van der Waals surface area contributed by atoms with Crippen molar-refractivity contribution in [1.82, 2.24) is 9.13 Å². The molecule has 0 fully saturated rings. The Balaban J connectivity index is 1.97. The van der Waals surface area contributed by atoms with Gasteiger partial charge in [-0.25, -0.2) is 18.7 Å². The van der Waals surface area contributed by atoms with Crippen molar-refractivity contribution in [3.05, 3.63) is 72.8 Å². The van der Waals surface area contributed by atoms with Gasteiger partial charge in [0.25, 0.3) is 0 Å². The zero-order valence-corrected chi connectivity index (χ0v) is 20.5. The first-order valence-corrected chi connectivity index (χ1v) is 11.3. The maximum absolute atomic E-state index is 13.5. The Morgan fingerprint density at radius 3 is 1.76 bits per heavy atom. The van der Waals surface area contributed by atoms with Crippen molar-refractivity contribution >= 4 is 23.1 Å². The minimum Gasteiger partial charge on any atom is -0.443 e. The van der Waals surface area contributed by atoms with Crippen LogP contribution in [0.5, 0.6) is 0 Å². The number of rotatable bonds is 2. The summed E-state index contributed by atoms with van der Waals surface area (Å²) in [6.45, 7) is 11.0. The van der Waals surface area contributed by atoms with Gasteiger partial charge in [0.05, 0.1) is 22.6 Å². The third-order valence-corrected chi connectivity index (χ3v) is 5.08. The molecule has 4 rings (SSSR count). The van der Waals surface area contributed by atoms with Gasteiger partial charge in [0.1, 0.15) is 11.2 Å². The van der Waals surface area contributed by atoms with E-state index >= 15 is 0 Å². The van der Waals surface area contributed by atoms with Gasteiger partial charge < -0.3 is 9.47 Å². The van der Waals surface area contributed by atoms with Gasteiger partial charge in [-0.05, 0) is 71.4 Å². The summed E-state index contributed by atoms with van der Waals surface area (Å²) in [5, 5.41) is 0.863. The zero-order valence-electron chi connectivity index (χ0n) is 20.5. The maximum atomic E-state index is 13.5. The molecule has 2 aromatic carbocycles. The van der Waals surface area contributed by atoms with Gasteiger partial charge in [-0.3, -0.25) is 0 Å². The fraction of sp³-hybridized carbons (Fsp3) is 0.286. The number of fused-ring (bicyclic) bond motifs is 1. The Hall–Kier alpha value is -3.80. The average Bonchev–Trinajstić information content (AvgIpc) is 3.33. The van der Waals surface area contributed by atoms with Crippen molar-refractivity contribution < 1.29 is 19.1 Å². The van der Waals surface area contributed by atoms with Crippen molar-refractivity contribution in [2.75, 3.05) is 0 Å². The SMILES string of the molecule is CC(C)(C)OC(=O)n1c(-c2ccccc2)ccc1-c1cc2ccccc2n1C(=O)OC(C)(C)C. The molecule has 6 nitrogen and oxygen atoms in total. The third kappa shape index (κ3) is 4.76. The van der Waals surface area contributed by atoms with E-state index in [1.165, 1.54) is 9.13 Å². The molecule has 2 aromatic heterocycles. The predicted octanol–water partition coefficient (Wildman–Crippen LogP) is 7.34. The van der Waals surface area contributed by atoms with Crippen LogP contribution in [-0.4, -0.2) is 32.5 Å². The summed E-state index contributed by atoms with van der Waals surface area (Å²) in [4.78, 5) is 26.8. The second-order valence-corrected chi connectivity index (χ2v) is 10.2. The molecule has 0 aliphatic heterocycles. The summed E-state index contributed by atoms with van der Waals surface area (Å²) in [5.74, 6) is 0. The lowest BCUT2D eigenvalue weighted by molar-refractivity contribution is 0.0525. The molecule has 0 bridgehead atoms. The second-order valence-electron chi connectivity index (χ2n) is 10.2. The van der Waals surface area contributed by atoms with Gasteiger partial charge in [-0.2, -0.15) is 0 Å². The van der Waals surface area contributed by atoms with Crippen LogP contribution in [-0.2, 0) is 9.47 Å². The molecule has 0 aliphatic carbocycles. The van der Waals surface area contributed by atoms with Crippen molar-refractivity contribution in [2.24, 2.45) is 0 Å². The molecular weight excluding hydrogens is 428 g/mol. The van der Waals surface area contributed by atoms with E-state index in [2.05, 4.69) is 0 Å². The first-order valence-electron chi connectivity index (χ1n) is 11.3. The van der Waals surface area contributed by atoms with Crippen molar-refractivity contribution in [3.63, 3.8) is 0 Å². The number of aromatic nitrogens is 2. The number of benzene rings is 2. The molecule has 0 aliphatic rings. The lowest BCUT2D eigenvalue weighted by Crippen LogP contribution is -2.29. The summed E-state index contributed by atoms with van der Waals surface area (Å²) < 4.78 is 14.5. The average molecular weight is 459 g/mol. The molecular formula is C28H30N2O4. The van der Waals surface area contributed by atoms with Gasteiger partial charge in [0, 0.05) is 5.39 Å². The lowest BCUT2D eigenvalue weighted by atomic mass is 10.1. The van der Waals surface area contributed by atoms with E-state index in [4.69, 9.17) is 9.47 Å². The topological polar surface area (TPSA) is 62.5 Å². The smallest absolute Gasteiger partial charge is 0.419 e. The number of hydrogen-bond acceptors (Lipinski definition) is 4. The summed E-state index contributed by atoms with van der Waals surface area (Å²) in [7, 11) is 0. The molecule has 0 N–H and O–H groups in total. The molecule has 0 spiro atoms. The third-order valence-electron chi connectivity index (χ3n) is 5.08. The quantitative estimate of drug-likeness (QED) is 0.315. The molecule has 0 atom stereocenters. The van der Waals surface area contributed by atoms with Crippen molar-refractivity contribution in [3.8, 4) is 22.6 Å². The van der Waals surface area contributed by atoms with Gasteiger partial charge in [0.2, 0.25) is 0 Å². The molecule has 0 radical (unpaired) electrons. The highest BCUT2D eigenvalue weighted by atomic mass is 16.6. The Labute approximate surface area is 199 Å². The fourth-order valence-corrected chi connectivity index (χ4v) is 3.82. The van der Waals surface area contributed by atoms with Crippen LogP contribution in [0.25, 0.3) is 33.5 Å². The number of carbonyl (C=O) groups is 2. The number of hydrogen-bond donors (Lipinski definition) is 0. The van der Waals surface area contributed by atoms with E-state index in [9.17, 15) is 9.59 Å². The van der Waals surface area contributed by atoms with Crippen molar-refractivity contribution in [2.45, 2.75) is 52.7 Å². The van der Waals surface area contributed by atoms with Gasteiger partial charge in [-0.1, -0.05) is 48.5 Å². The number of carbonyl (C=O) groups excluding carboxylic acids is 2. The molecule has 0 amide bonds. The minimum atomic E-state index is -0.690. The van der Waals surface area contributed by atoms with Crippen LogP contribution in [0.2, 0.25) is 0 Å². The largest absolute Gasteiger partial charge is 0.443 e. The lowest BCUT2D eigenvalue weighted by Gasteiger charge is -2.23. The minimum absolute atomic E-state index is 0.512. The van der Waals surface area contributed by atoms with Crippen LogP contribution in [0, 0.1) is 0 Å². The molecule has 0 saturated heterocycles. The normalized spacial score (nSPS) is 12.1. The van der Waals surface area contributed by atoms with Crippen LogP contribution in [0.4, 0.5) is 9.59 Å². The highest BCUT2D eigenvalue weighted by Crippen LogP contribution is 2.34. The van der Waals surface area contributed by atoms with E-state index in [1.807, 2.05) is 114 Å². The molecule has 6 heteroatoms. The maximum Gasteiger partial charge on any atom is 0.419 e. The Bertz CT molecular complexity index is 1350. The van der Waals surface area contributed by atoms with Crippen LogP contribution in [0.1, 0.15) is 41.5 Å². The van der Waals surface area contributed by atoms with E-state index in [0.29, 0.717) is 22.6 Å². The number of para-hydroxylation sites is 1. The summed E-state index contributed by atoms with van der Waals surface area (Å²) >= 11 is 0. The summed E-state index contributed by atoms with van der Waals surface area (Å²) in [5.41, 5.74) is 1.95. The van der Waals surface area contributed by atoms with E-state index < -0.39 is 23.4 Å². The monoisotopic (exact) mass is 458 g/mol. The molecule has 4 aromatic rings. The van der Waals surface area contributed by atoms with E-state index in [1.54, 1.807) is 0 Å². The molecule has 0 saturated carbocycles. The highest BCUT2D eigenvalue weighted by molar-refractivity contribution is 5.97. The van der Waals surface area contributed by atoms with Crippen LogP contribution < -0.4 is 0 Å². The van der Waals surface area contributed by atoms with Crippen LogP contribution in [0.3, 0.4) is 0 Å². The highest BCUT2D eigenvalue weighted by Gasteiger charge is 2.28. The fourth-order valence-electron chi connectivity index (χ4n) is 3.82. The molecule has 2 heterocycles. The van der Waals surface area contributed by atoms with Gasteiger partial charge in [0.15, 0.2) is 0 Å². The Morgan fingerprint density at radius 1 is 0.618 bits per heavy atom. The number of nitrogens with zero attached hydrogens (tertiary/aromatic N) is 2.